The number of sulfonamides is 1. The largest absolute Gasteiger partial charge is 0.495 e. The summed E-state index contributed by atoms with van der Waals surface area (Å²) in [5.41, 5.74) is 0.709. The van der Waals surface area contributed by atoms with E-state index >= 15 is 0 Å². The molecule has 2 N–H and O–H groups in total. The topological polar surface area (TPSA) is 101 Å². The predicted molar refractivity (Wildman–Crippen MR) is 94.1 cm³/mol. The smallest absolute Gasteiger partial charge is 0.265 e. The Kier molecular flexibility index (Phi) is 4.72. The van der Waals surface area contributed by atoms with Gasteiger partial charge in [-0.2, -0.15) is 5.10 Å². The normalized spacial score (nSPS) is 11.2. The molecule has 0 aliphatic rings. The molecule has 0 fully saturated rings. The molecule has 1 heterocycles. The van der Waals surface area contributed by atoms with Crippen LogP contribution in [0.3, 0.4) is 0 Å². The molecule has 7 nitrogen and oxygen atoms in total. The van der Waals surface area contributed by atoms with E-state index in [1.807, 2.05) is 0 Å². The van der Waals surface area contributed by atoms with Crippen LogP contribution in [0.4, 0.5) is 10.1 Å². The van der Waals surface area contributed by atoms with Crippen LogP contribution in [0.5, 0.6) is 5.75 Å². The van der Waals surface area contributed by atoms with Crippen LogP contribution in [-0.4, -0.2) is 25.7 Å². The number of benzene rings is 2. The van der Waals surface area contributed by atoms with E-state index in [4.69, 9.17) is 4.74 Å². The summed E-state index contributed by atoms with van der Waals surface area (Å²) in [4.78, 5) is 11.0. The van der Waals surface area contributed by atoms with E-state index in [1.165, 1.54) is 43.5 Å². The quantitative estimate of drug-likeness (QED) is 0.713. The summed E-state index contributed by atoms with van der Waals surface area (Å²) in [6, 6.07) is 12.2. The van der Waals surface area contributed by atoms with Crippen molar-refractivity contribution in [2.75, 3.05) is 11.8 Å². The molecule has 0 unspecified atom stereocenters. The Morgan fingerprint density at radius 2 is 1.81 bits per heavy atom. The molecule has 134 valence electrons. The standard InChI is InChI=1S/C17H14FN3O4S/c1-25-15-8-2-11(14-7-9-17(22)20-19-14)10-16(15)26(23,24)21-13-5-3-12(18)4-6-13/h2-10,21H,1H3,(H,20,22). The Labute approximate surface area is 148 Å². The van der Waals surface area contributed by atoms with Crippen LogP contribution in [-0.2, 0) is 10.0 Å². The van der Waals surface area contributed by atoms with Gasteiger partial charge in [0.2, 0.25) is 0 Å². The number of rotatable bonds is 5. The molecule has 0 atom stereocenters. The molecule has 0 amide bonds. The molecule has 0 bridgehead atoms. The van der Waals surface area contributed by atoms with Gasteiger partial charge in [0, 0.05) is 17.3 Å². The van der Waals surface area contributed by atoms with E-state index in [-0.39, 0.29) is 21.9 Å². The van der Waals surface area contributed by atoms with Gasteiger partial charge in [-0.25, -0.2) is 17.9 Å². The Morgan fingerprint density at radius 1 is 1.08 bits per heavy atom. The van der Waals surface area contributed by atoms with Crippen LogP contribution in [0.1, 0.15) is 0 Å². The second-order valence-electron chi connectivity index (χ2n) is 5.28. The minimum Gasteiger partial charge on any atom is -0.495 e. The number of aromatic amines is 1. The van der Waals surface area contributed by atoms with Gasteiger partial charge in [0.1, 0.15) is 16.5 Å². The van der Waals surface area contributed by atoms with Gasteiger partial charge in [-0.3, -0.25) is 9.52 Å². The van der Waals surface area contributed by atoms with Crippen molar-refractivity contribution in [1.82, 2.24) is 10.2 Å². The monoisotopic (exact) mass is 375 g/mol. The van der Waals surface area contributed by atoms with Crippen LogP contribution < -0.4 is 15.0 Å². The number of H-pyrrole nitrogens is 1. The van der Waals surface area contributed by atoms with Crippen LogP contribution in [0.25, 0.3) is 11.3 Å². The molecule has 26 heavy (non-hydrogen) atoms. The summed E-state index contributed by atoms with van der Waals surface area (Å²) in [6.45, 7) is 0. The highest BCUT2D eigenvalue weighted by atomic mass is 32.2. The fourth-order valence-corrected chi connectivity index (χ4v) is 3.53. The Morgan fingerprint density at radius 3 is 2.42 bits per heavy atom. The molecule has 0 radical (unpaired) electrons. The van der Waals surface area contributed by atoms with Crippen molar-refractivity contribution in [3.63, 3.8) is 0 Å². The van der Waals surface area contributed by atoms with Crippen molar-refractivity contribution in [2.24, 2.45) is 0 Å². The average molecular weight is 375 g/mol. The lowest BCUT2D eigenvalue weighted by molar-refractivity contribution is 0.403. The first-order valence-electron chi connectivity index (χ1n) is 7.41. The zero-order chi connectivity index (χ0) is 18.7. The molecule has 0 spiro atoms. The highest BCUT2D eigenvalue weighted by Gasteiger charge is 2.21. The third-order valence-electron chi connectivity index (χ3n) is 3.52. The van der Waals surface area contributed by atoms with E-state index in [2.05, 4.69) is 14.9 Å². The van der Waals surface area contributed by atoms with E-state index in [1.54, 1.807) is 6.07 Å². The van der Waals surface area contributed by atoms with E-state index in [0.29, 0.717) is 11.3 Å². The van der Waals surface area contributed by atoms with Gasteiger partial charge in [0.15, 0.2) is 0 Å². The zero-order valence-corrected chi connectivity index (χ0v) is 14.4. The van der Waals surface area contributed by atoms with Crippen molar-refractivity contribution in [3.05, 3.63) is 70.8 Å². The number of hydrogen-bond acceptors (Lipinski definition) is 5. The molecule has 0 aliphatic carbocycles. The maximum absolute atomic E-state index is 13.0. The fourth-order valence-electron chi connectivity index (χ4n) is 2.28. The molecule has 1 aromatic heterocycles. The molecular weight excluding hydrogens is 361 g/mol. The Balaban J connectivity index is 2.03. The molecule has 3 rings (SSSR count). The van der Waals surface area contributed by atoms with E-state index < -0.39 is 15.8 Å². The highest BCUT2D eigenvalue weighted by Crippen LogP contribution is 2.30. The second-order valence-corrected chi connectivity index (χ2v) is 6.94. The summed E-state index contributed by atoms with van der Waals surface area (Å²) in [5.74, 6) is -0.343. The molecule has 2 aromatic carbocycles. The first-order chi connectivity index (χ1) is 12.4. The molecular formula is C17H14FN3O4S. The van der Waals surface area contributed by atoms with Crippen molar-refractivity contribution in [3.8, 4) is 17.0 Å². The van der Waals surface area contributed by atoms with Crippen molar-refractivity contribution in [1.29, 1.82) is 0 Å². The Bertz CT molecular complexity index is 1080. The second kappa shape index (κ2) is 6.96. The third kappa shape index (κ3) is 3.72. The van der Waals surface area contributed by atoms with Gasteiger partial charge in [-0.15, -0.1) is 0 Å². The lowest BCUT2D eigenvalue weighted by Crippen LogP contribution is -2.14. The third-order valence-corrected chi connectivity index (χ3v) is 4.93. The number of aromatic nitrogens is 2. The summed E-state index contributed by atoms with van der Waals surface area (Å²) >= 11 is 0. The van der Waals surface area contributed by atoms with Crippen molar-refractivity contribution < 1.29 is 17.5 Å². The highest BCUT2D eigenvalue weighted by molar-refractivity contribution is 7.92. The van der Waals surface area contributed by atoms with Crippen LogP contribution in [0, 0.1) is 5.82 Å². The number of halogens is 1. The molecule has 0 aliphatic heterocycles. The van der Waals surface area contributed by atoms with Gasteiger partial charge in [0.05, 0.1) is 12.8 Å². The number of anilines is 1. The van der Waals surface area contributed by atoms with E-state index in [0.717, 1.165) is 12.1 Å². The number of hydrogen-bond donors (Lipinski definition) is 2. The average Bonchev–Trinajstić information content (AvgIpc) is 2.63. The zero-order valence-electron chi connectivity index (χ0n) is 13.6. The minimum absolute atomic E-state index is 0.116. The first kappa shape index (κ1) is 17.6. The molecule has 0 saturated heterocycles. The number of methoxy groups -OCH3 is 1. The van der Waals surface area contributed by atoms with Crippen molar-refractivity contribution >= 4 is 15.7 Å². The maximum atomic E-state index is 13.0. The number of nitrogens with one attached hydrogen (secondary N) is 2. The van der Waals surface area contributed by atoms with Gasteiger partial charge in [-0.05, 0) is 48.5 Å². The summed E-state index contributed by atoms with van der Waals surface area (Å²) < 4.78 is 46.0. The van der Waals surface area contributed by atoms with Gasteiger partial charge >= 0.3 is 0 Å². The van der Waals surface area contributed by atoms with E-state index in [9.17, 15) is 17.6 Å². The van der Waals surface area contributed by atoms with Crippen LogP contribution in [0.15, 0.2) is 64.3 Å². The van der Waals surface area contributed by atoms with Crippen molar-refractivity contribution in [2.45, 2.75) is 4.90 Å². The summed E-state index contributed by atoms with van der Waals surface area (Å²) in [6.07, 6.45) is 0. The molecule has 0 saturated carbocycles. The van der Waals surface area contributed by atoms with Gasteiger partial charge < -0.3 is 4.74 Å². The lowest BCUT2D eigenvalue weighted by atomic mass is 10.1. The molecule has 3 aromatic rings. The van der Waals surface area contributed by atoms with Crippen LogP contribution >= 0.6 is 0 Å². The fraction of sp³-hybridized carbons (Fsp3) is 0.0588. The summed E-state index contributed by atoms with van der Waals surface area (Å²) in [5, 5.41) is 6.18. The van der Waals surface area contributed by atoms with Crippen LogP contribution in [0.2, 0.25) is 0 Å². The first-order valence-corrected chi connectivity index (χ1v) is 8.90. The van der Waals surface area contributed by atoms with Gasteiger partial charge in [-0.1, -0.05) is 0 Å². The summed E-state index contributed by atoms with van der Waals surface area (Å²) in [7, 11) is -2.65. The Hall–Kier alpha value is -3.20. The number of ether oxygens (including phenoxy) is 1. The maximum Gasteiger partial charge on any atom is 0.265 e. The minimum atomic E-state index is -4.00. The predicted octanol–water partition coefficient (Wildman–Crippen LogP) is 2.39. The SMILES string of the molecule is COc1ccc(-c2ccc(=O)[nH]n2)cc1S(=O)(=O)Nc1ccc(F)cc1. The number of nitrogens with zero attached hydrogens (tertiary/aromatic N) is 1. The lowest BCUT2D eigenvalue weighted by Gasteiger charge is -2.13. The molecule has 9 heteroatoms. The van der Waals surface area contributed by atoms with Gasteiger partial charge in [0.25, 0.3) is 15.6 Å².